The number of carbonyl (C=O) groups excluding carboxylic acids is 2. The number of ketones is 1. The summed E-state index contributed by atoms with van der Waals surface area (Å²) in [5, 5.41) is 11.2. The zero-order valence-corrected chi connectivity index (χ0v) is 25.5. The summed E-state index contributed by atoms with van der Waals surface area (Å²) in [6, 6.07) is 7.48. The third kappa shape index (κ3) is 8.90. The van der Waals surface area contributed by atoms with Crippen molar-refractivity contribution in [2.45, 2.75) is 51.2 Å². The number of benzene rings is 1. The predicted molar refractivity (Wildman–Crippen MR) is 158 cm³/mol. The van der Waals surface area contributed by atoms with Gasteiger partial charge in [0.05, 0.1) is 36.5 Å². The van der Waals surface area contributed by atoms with Gasteiger partial charge in [-0.15, -0.1) is 0 Å². The van der Waals surface area contributed by atoms with Crippen LogP contribution >= 0.6 is 0 Å². The van der Waals surface area contributed by atoms with Crippen molar-refractivity contribution >= 4 is 28.6 Å². The molecule has 0 spiro atoms. The molecule has 1 saturated heterocycles. The van der Waals surface area contributed by atoms with Gasteiger partial charge in [-0.2, -0.15) is 13.2 Å². The first kappa shape index (κ1) is 34.1. The minimum Gasteiger partial charge on any atom is -0.496 e. The zero-order chi connectivity index (χ0) is 33.4. The second-order valence-electron chi connectivity index (χ2n) is 10.9. The minimum atomic E-state index is -5.08. The summed E-state index contributed by atoms with van der Waals surface area (Å²) < 4.78 is 48.7. The van der Waals surface area contributed by atoms with Crippen LogP contribution in [0, 0.1) is 12.8 Å². The molecule has 1 atom stereocenters. The van der Waals surface area contributed by atoms with Gasteiger partial charge >= 0.3 is 12.1 Å². The van der Waals surface area contributed by atoms with Crippen LogP contribution in [-0.2, 0) is 9.59 Å². The molecular weight excluding hydrogens is 611 g/mol. The Morgan fingerprint density at radius 2 is 1.89 bits per heavy atom. The predicted octanol–water partition coefficient (Wildman–Crippen LogP) is 5.38. The topological polar surface area (TPSA) is 161 Å². The number of aryl methyl sites for hydroxylation is 1. The Morgan fingerprint density at radius 3 is 2.52 bits per heavy atom. The third-order valence-corrected chi connectivity index (χ3v) is 7.30. The largest absolute Gasteiger partial charge is 0.496 e. The van der Waals surface area contributed by atoms with Crippen LogP contribution in [0.15, 0.2) is 51.8 Å². The number of ether oxygens (including phenoxy) is 1. The molecule has 4 heterocycles. The average molecular weight is 646 g/mol. The maximum Gasteiger partial charge on any atom is 0.490 e. The van der Waals surface area contributed by atoms with Crippen molar-refractivity contribution in [2.75, 3.05) is 27.2 Å². The van der Waals surface area contributed by atoms with Gasteiger partial charge in [-0.05, 0) is 38.9 Å². The number of hydrogen-bond acceptors (Lipinski definition) is 10. The Morgan fingerprint density at radius 1 is 1.15 bits per heavy atom. The molecule has 3 aromatic heterocycles. The van der Waals surface area contributed by atoms with E-state index in [2.05, 4.69) is 25.2 Å². The van der Waals surface area contributed by atoms with Crippen molar-refractivity contribution in [2.24, 2.45) is 5.92 Å². The molecule has 0 saturated carbocycles. The molecule has 12 nitrogen and oxygen atoms in total. The van der Waals surface area contributed by atoms with E-state index < -0.39 is 12.1 Å². The molecule has 1 fully saturated rings. The highest BCUT2D eigenvalue weighted by Crippen LogP contribution is 2.35. The summed E-state index contributed by atoms with van der Waals surface area (Å²) >= 11 is 0. The minimum absolute atomic E-state index is 0.00153. The summed E-state index contributed by atoms with van der Waals surface area (Å²) in [6.07, 6.45) is 2.76. The number of carbonyl (C=O) groups is 3. The van der Waals surface area contributed by atoms with E-state index in [1.165, 1.54) is 12.5 Å². The number of hydrogen-bond donors (Lipinski definition) is 2. The lowest BCUT2D eigenvalue weighted by Gasteiger charge is -2.35. The molecule has 0 bridgehead atoms. The Kier molecular flexibility index (Phi) is 11.1. The van der Waals surface area contributed by atoms with Gasteiger partial charge < -0.3 is 28.9 Å². The maximum atomic E-state index is 12.9. The van der Waals surface area contributed by atoms with Gasteiger partial charge in [0.2, 0.25) is 17.6 Å². The summed E-state index contributed by atoms with van der Waals surface area (Å²) in [5.74, 6) is -1.11. The number of likely N-dealkylation sites (tertiary alicyclic amines) is 1. The molecule has 1 aliphatic heterocycles. The number of nitrogens with zero attached hydrogens (tertiary/aromatic N) is 4. The third-order valence-electron chi connectivity index (χ3n) is 7.30. The number of unbranched alkanes of at least 4 members (excludes halogenated alkanes) is 2. The molecule has 46 heavy (non-hydrogen) atoms. The number of oxazole rings is 2. The Bertz CT molecular complexity index is 1650. The van der Waals surface area contributed by atoms with Crippen LogP contribution in [0.25, 0.3) is 22.2 Å². The normalized spacial score (nSPS) is 14.2. The standard InChI is InChI=1S/C29H33N5O5.C2HF3O2/c1-18-9-10-19-13-21(25(37-3)14-23(19)32-18)26-15-31-28(39-26)22(33-27(36)20-16-34(2)17-20)7-5-4-6-8-24(35)29-30-11-12-38-29;3-2(4,5)1(6)7/h9-15,20,22H,4-8,16-17H2,1-3H3,(H,33,36);(H,6,7). The van der Waals surface area contributed by atoms with Crippen molar-refractivity contribution in [3.05, 3.63) is 60.4 Å². The molecule has 0 aliphatic carbocycles. The van der Waals surface area contributed by atoms with Crippen LogP contribution in [0.2, 0.25) is 0 Å². The van der Waals surface area contributed by atoms with Gasteiger partial charge in [0.15, 0.2) is 5.76 Å². The van der Waals surface area contributed by atoms with E-state index in [9.17, 15) is 22.8 Å². The fraction of sp³-hybridized carbons (Fsp3) is 0.419. The molecule has 2 N–H and O–H groups in total. The van der Waals surface area contributed by atoms with E-state index in [1.807, 2.05) is 38.2 Å². The number of Topliss-reactive ketones (excluding diaryl/α,β-unsaturated/α-hetero) is 1. The van der Waals surface area contributed by atoms with Crippen LogP contribution < -0.4 is 10.1 Å². The second-order valence-corrected chi connectivity index (χ2v) is 10.9. The fourth-order valence-electron chi connectivity index (χ4n) is 4.88. The number of methoxy groups -OCH3 is 1. The van der Waals surface area contributed by atoms with E-state index >= 15 is 0 Å². The van der Waals surface area contributed by atoms with E-state index in [-0.39, 0.29) is 29.5 Å². The maximum absolute atomic E-state index is 12.9. The van der Waals surface area contributed by atoms with E-state index in [1.54, 1.807) is 13.3 Å². The number of fused-ring (bicyclic) bond motifs is 1. The monoisotopic (exact) mass is 645 g/mol. The van der Waals surface area contributed by atoms with Gasteiger partial charge in [-0.25, -0.2) is 14.8 Å². The van der Waals surface area contributed by atoms with Gasteiger partial charge in [-0.3, -0.25) is 14.6 Å². The molecule has 0 radical (unpaired) electrons. The molecule has 1 unspecified atom stereocenters. The zero-order valence-electron chi connectivity index (χ0n) is 25.5. The van der Waals surface area contributed by atoms with Crippen LogP contribution in [0.3, 0.4) is 0 Å². The smallest absolute Gasteiger partial charge is 0.490 e. The lowest BCUT2D eigenvalue weighted by Crippen LogP contribution is -2.52. The number of aromatic nitrogens is 3. The van der Waals surface area contributed by atoms with Crippen molar-refractivity contribution in [1.82, 2.24) is 25.2 Å². The van der Waals surface area contributed by atoms with E-state index in [4.69, 9.17) is 23.5 Å². The first-order chi connectivity index (χ1) is 21.8. The molecular formula is C31H34F3N5O7. The number of aliphatic carboxylic acids is 1. The highest BCUT2D eigenvalue weighted by Gasteiger charge is 2.38. The molecule has 1 aliphatic rings. The first-order valence-corrected chi connectivity index (χ1v) is 14.5. The fourth-order valence-corrected chi connectivity index (χ4v) is 4.88. The molecule has 1 amide bonds. The number of nitrogens with one attached hydrogen (secondary N) is 1. The number of alkyl halides is 3. The summed E-state index contributed by atoms with van der Waals surface area (Å²) in [4.78, 5) is 49.1. The van der Waals surface area contributed by atoms with Crippen molar-refractivity contribution in [3.63, 3.8) is 0 Å². The van der Waals surface area contributed by atoms with Gasteiger partial charge in [0, 0.05) is 36.7 Å². The number of halogens is 3. The Balaban J connectivity index is 0.000000617. The molecule has 1 aromatic carbocycles. The highest BCUT2D eigenvalue weighted by molar-refractivity contribution is 5.91. The summed E-state index contributed by atoms with van der Waals surface area (Å²) in [7, 11) is 3.61. The number of amides is 1. The summed E-state index contributed by atoms with van der Waals surface area (Å²) in [5.41, 5.74) is 2.54. The lowest BCUT2D eigenvalue weighted by atomic mass is 9.99. The first-order valence-electron chi connectivity index (χ1n) is 14.5. The van der Waals surface area contributed by atoms with Gasteiger partial charge in [-0.1, -0.05) is 18.9 Å². The SMILES string of the molecule is COc1cc2nc(C)ccc2cc1-c1cnc(C(CCCCCC(=O)c2ncco2)NC(=O)C2CN(C)C2)o1.O=C(O)C(F)(F)F. The van der Waals surface area contributed by atoms with Crippen molar-refractivity contribution in [1.29, 1.82) is 0 Å². The highest BCUT2D eigenvalue weighted by atomic mass is 19.4. The number of carboxylic acids is 1. The second kappa shape index (κ2) is 15.0. The number of carboxylic acid groups (broad SMARTS) is 1. The van der Waals surface area contributed by atoms with Crippen molar-refractivity contribution < 1.29 is 46.2 Å². The van der Waals surface area contributed by atoms with Crippen LogP contribution in [0.4, 0.5) is 13.2 Å². The van der Waals surface area contributed by atoms with E-state index in [0.29, 0.717) is 36.7 Å². The number of rotatable bonds is 12. The van der Waals surface area contributed by atoms with Crippen molar-refractivity contribution in [3.8, 4) is 17.1 Å². The van der Waals surface area contributed by atoms with Gasteiger partial charge in [0.1, 0.15) is 18.1 Å². The number of pyridine rings is 1. The lowest BCUT2D eigenvalue weighted by molar-refractivity contribution is -0.192. The van der Waals surface area contributed by atoms with Crippen LogP contribution in [0.1, 0.15) is 60.4 Å². The molecule has 246 valence electrons. The van der Waals surface area contributed by atoms with Crippen LogP contribution in [-0.4, -0.2) is 76.0 Å². The molecule has 5 rings (SSSR count). The molecule has 4 aromatic rings. The summed E-state index contributed by atoms with van der Waals surface area (Å²) in [6.45, 7) is 3.42. The Hall–Kier alpha value is -4.79. The van der Waals surface area contributed by atoms with Gasteiger partial charge in [0.25, 0.3) is 5.89 Å². The quantitative estimate of drug-likeness (QED) is 0.150. The van der Waals surface area contributed by atoms with E-state index in [0.717, 1.165) is 48.1 Å². The molecule has 15 heteroatoms. The average Bonchev–Trinajstić information content (AvgIpc) is 3.71. The van der Waals surface area contributed by atoms with Crippen LogP contribution in [0.5, 0.6) is 5.75 Å². The Labute approximate surface area is 262 Å².